The van der Waals surface area contributed by atoms with Gasteiger partial charge in [-0.15, -0.1) is 0 Å². The maximum absolute atomic E-state index is 11.5. The van der Waals surface area contributed by atoms with E-state index in [1.54, 1.807) is 13.8 Å². The Balaban J connectivity index is 4.62. The Bertz CT molecular complexity index is 261. The van der Waals surface area contributed by atoms with E-state index in [0.717, 1.165) is 0 Å². The van der Waals surface area contributed by atoms with Crippen molar-refractivity contribution in [2.24, 2.45) is 5.92 Å². The number of carbonyl (C=O) groups excluding carboxylic acids is 2. The molecular weight excluding hydrogens is 208 g/mol. The minimum absolute atomic E-state index is 0.0556. The van der Waals surface area contributed by atoms with Crippen LogP contribution in [0.25, 0.3) is 0 Å². The Hall–Kier alpha value is -0.643. The minimum Gasteiger partial charge on any atom is -0.514 e. The standard InChI is InChI=1S/C11H22O3Si/c1-8(2)9(12)10(13)14-15(6,7)11(3,4)5/h8H,1-7H3. The van der Waals surface area contributed by atoms with E-state index < -0.39 is 20.1 Å². The van der Waals surface area contributed by atoms with Crippen molar-refractivity contribution in [1.29, 1.82) is 0 Å². The lowest BCUT2D eigenvalue weighted by Gasteiger charge is -2.35. The van der Waals surface area contributed by atoms with Crippen LogP contribution in [0.15, 0.2) is 0 Å². The first kappa shape index (κ1) is 14.4. The summed E-state index contributed by atoms with van der Waals surface area (Å²) in [4.78, 5) is 22.9. The van der Waals surface area contributed by atoms with Crippen molar-refractivity contribution in [2.75, 3.05) is 0 Å². The van der Waals surface area contributed by atoms with Gasteiger partial charge in [0.15, 0.2) is 0 Å². The van der Waals surface area contributed by atoms with Crippen LogP contribution in [-0.2, 0) is 14.0 Å². The molecule has 0 aliphatic heterocycles. The van der Waals surface area contributed by atoms with Gasteiger partial charge in [-0.2, -0.15) is 0 Å². The third kappa shape index (κ3) is 3.78. The number of carbonyl (C=O) groups is 2. The van der Waals surface area contributed by atoms with Gasteiger partial charge < -0.3 is 4.43 Å². The zero-order valence-electron chi connectivity index (χ0n) is 10.8. The molecule has 0 radical (unpaired) electrons. The molecule has 0 N–H and O–H groups in total. The Kier molecular flexibility index (Phi) is 4.28. The lowest BCUT2D eigenvalue weighted by molar-refractivity contribution is -0.149. The molecule has 0 aromatic rings. The van der Waals surface area contributed by atoms with Crippen molar-refractivity contribution in [3.63, 3.8) is 0 Å². The molecule has 0 aliphatic rings. The van der Waals surface area contributed by atoms with E-state index in [-0.39, 0.29) is 11.0 Å². The Morgan fingerprint density at radius 3 is 1.80 bits per heavy atom. The molecule has 0 spiro atoms. The van der Waals surface area contributed by atoms with Gasteiger partial charge in [-0.3, -0.25) is 4.79 Å². The summed E-state index contributed by atoms with van der Waals surface area (Å²) in [5.74, 6) is -1.39. The number of hydrogen-bond donors (Lipinski definition) is 0. The summed E-state index contributed by atoms with van der Waals surface area (Å²) in [6.45, 7) is 13.4. The van der Waals surface area contributed by atoms with Crippen LogP contribution in [-0.4, -0.2) is 20.1 Å². The second-order valence-corrected chi connectivity index (χ2v) is 10.4. The molecule has 0 heterocycles. The van der Waals surface area contributed by atoms with Gasteiger partial charge in [-0.25, -0.2) is 4.79 Å². The van der Waals surface area contributed by atoms with Crippen molar-refractivity contribution in [1.82, 2.24) is 0 Å². The summed E-state index contributed by atoms with van der Waals surface area (Å²) >= 11 is 0. The van der Waals surface area contributed by atoms with Crippen molar-refractivity contribution in [2.45, 2.75) is 52.8 Å². The van der Waals surface area contributed by atoms with E-state index in [1.807, 2.05) is 33.9 Å². The predicted molar refractivity (Wildman–Crippen MR) is 63.1 cm³/mol. The molecule has 3 nitrogen and oxygen atoms in total. The van der Waals surface area contributed by atoms with E-state index in [4.69, 9.17) is 4.43 Å². The van der Waals surface area contributed by atoms with E-state index in [0.29, 0.717) is 0 Å². The van der Waals surface area contributed by atoms with E-state index in [9.17, 15) is 9.59 Å². The topological polar surface area (TPSA) is 43.4 Å². The molecule has 0 bridgehead atoms. The van der Waals surface area contributed by atoms with Crippen molar-refractivity contribution in [3.8, 4) is 0 Å². The monoisotopic (exact) mass is 230 g/mol. The maximum atomic E-state index is 11.5. The quantitative estimate of drug-likeness (QED) is 0.553. The van der Waals surface area contributed by atoms with E-state index >= 15 is 0 Å². The molecule has 4 heteroatoms. The van der Waals surface area contributed by atoms with Crippen LogP contribution < -0.4 is 0 Å². The molecule has 0 aliphatic carbocycles. The van der Waals surface area contributed by atoms with Crippen LogP contribution in [0.1, 0.15) is 34.6 Å². The molecule has 0 unspecified atom stereocenters. The van der Waals surface area contributed by atoms with Gasteiger partial charge in [-0.05, 0) is 18.1 Å². The molecule has 0 fully saturated rings. The van der Waals surface area contributed by atoms with Gasteiger partial charge in [-0.1, -0.05) is 34.6 Å². The molecule has 0 rings (SSSR count). The first-order valence-electron chi connectivity index (χ1n) is 5.26. The van der Waals surface area contributed by atoms with Gasteiger partial charge in [0.25, 0.3) is 8.32 Å². The summed E-state index contributed by atoms with van der Waals surface area (Å²) < 4.78 is 5.38. The van der Waals surface area contributed by atoms with Gasteiger partial charge in [0, 0.05) is 5.92 Å². The molecule has 0 amide bonds. The zero-order valence-corrected chi connectivity index (χ0v) is 11.8. The Labute approximate surface area is 93.3 Å². The molecule has 0 aromatic heterocycles. The van der Waals surface area contributed by atoms with Crippen molar-refractivity contribution in [3.05, 3.63) is 0 Å². The average molecular weight is 230 g/mol. The molecule has 0 saturated carbocycles. The van der Waals surface area contributed by atoms with Crippen molar-refractivity contribution >= 4 is 20.1 Å². The second-order valence-electron chi connectivity index (χ2n) is 5.67. The zero-order chi connectivity index (χ0) is 12.4. The van der Waals surface area contributed by atoms with Gasteiger partial charge >= 0.3 is 5.97 Å². The molecule has 0 saturated heterocycles. The van der Waals surface area contributed by atoms with Crippen LogP contribution >= 0.6 is 0 Å². The van der Waals surface area contributed by atoms with Gasteiger partial charge in [0.05, 0.1) is 0 Å². The highest BCUT2D eigenvalue weighted by molar-refractivity contribution is 6.76. The first-order valence-corrected chi connectivity index (χ1v) is 8.17. The second kappa shape index (κ2) is 4.47. The fourth-order valence-corrected chi connectivity index (χ4v) is 1.54. The number of Topliss-reactive ketones (excluding diaryl/α,β-unsaturated/α-hetero) is 1. The van der Waals surface area contributed by atoms with Crippen LogP contribution in [0.5, 0.6) is 0 Å². The fourth-order valence-electron chi connectivity index (χ4n) is 0.671. The Morgan fingerprint density at radius 1 is 1.13 bits per heavy atom. The lowest BCUT2D eigenvalue weighted by Crippen LogP contribution is -2.44. The SMILES string of the molecule is CC(C)C(=O)C(=O)O[Si](C)(C)C(C)(C)C. The van der Waals surface area contributed by atoms with Crippen molar-refractivity contribution < 1.29 is 14.0 Å². The largest absolute Gasteiger partial charge is 0.514 e. The fraction of sp³-hybridized carbons (Fsp3) is 0.818. The third-order valence-corrected chi connectivity index (χ3v) is 7.19. The summed E-state index contributed by atoms with van der Waals surface area (Å²) in [6.07, 6.45) is 0. The van der Waals surface area contributed by atoms with Crippen LogP contribution in [0.4, 0.5) is 0 Å². The summed E-state index contributed by atoms with van der Waals surface area (Å²) in [6, 6.07) is 0. The van der Waals surface area contributed by atoms with E-state index in [1.165, 1.54) is 0 Å². The Morgan fingerprint density at radius 2 is 1.53 bits per heavy atom. The number of rotatable bonds is 3. The highest BCUT2D eigenvalue weighted by Gasteiger charge is 2.41. The third-order valence-electron chi connectivity index (χ3n) is 2.88. The highest BCUT2D eigenvalue weighted by Crippen LogP contribution is 2.36. The van der Waals surface area contributed by atoms with Crippen LogP contribution in [0.2, 0.25) is 18.1 Å². The normalized spacial score (nSPS) is 12.8. The summed E-state index contributed by atoms with van der Waals surface area (Å²) in [5, 5.41) is -0.0556. The summed E-state index contributed by atoms with van der Waals surface area (Å²) in [5.41, 5.74) is 0. The lowest BCUT2D eigenvalue weighted by atomic mass is 10.1. The molecule has 0 aromatic carbocycles. The molecule has 0 atom stereocenters. The molecule has 15 heavy (non-hydrogen) atoms. The molecular formula is C11H22O3Si. The van der Waals surface area contributed by atoms with E-state index in [2.05, 4.69) is 0 Å². The van der Waals surface area contributed by atoms with Crippen LogP contribution in [0.3, 0.4) is 0 Å². The number of hydrogen-bond acceptors (Lipinski definition) is 3. The smallest absolute Gasteiger partial charge is 0.361 e. The molecule has 88 valence electrons. The van der Waals surface area contributed by atoms with Gasteiger partial charge in [0.1, 0.15) is 0 Å². The summed E-state index contributed by atoms with van der Waals surface area (Å²) in [7, 11) is -2.15. The van der Waals surface area contributed by atoms with Gasteiger partial charge in [0.2, 0.25) is 5.78 Å². The maximum Gasteiger partial charge on any atom is 0.361 e. The predicted octanol–water partition coefficient (Wildman–Crippen LogP) is 2.76. The minimum atomic E-state index is -2.15. The first-order chi connectivity index (χ1) is 6.49. The highest BCUT2D eigenvalue weighted by atomic mass is 28.4. The average Bonchev–Trinajstić information content (AvgIpc) is 1.99. The number of ketones is 1. The van der Waals surface area contributed by atoms with Crippen LogP contribution in [0, 0.1) is 5.92 Å².